The third-order valence-electron chi connectivity index (χ3n) is 4.13. The number of hydrogen-bond donors (Lipinski definition) is 1. The molecule has 2 rings (SSSR count). The normalized spacial score (nSPS) is 18.5. The quantitative estimate of drug-likeness (QED) is 0.848. The summed E-state index contributed by atoms with van der Waals surface area (Å²) in [5, 5.41) is 0. The Morgan fingerprint density at radius 3 is 2.64 bits per heavy atom. The molecule has 1 aliphatic rings. The molecule has 0 bridgehead atoms. The molecule has 2 N–H and O–H groups in total. The number of benzene rings is 1. The highest BCUT2D eigenvalue weighted by molar-refractivity contribution is 5.75. The number of nitrogens with two attached hydrogens (primary N) is 1. The lowest BCUT2D eigenvalue weighted by Gasteiger charge is -2.32. The molecule has 22 heavy (non-hydrogen) atoms. The molecular weight excluding hydrogens is 270 g/mol. The van der Waals surface area contributed by atoms with Gasteiger partial charge in [0.05, 0.1) is 0 Å². The van der Waals surface area contributed by atoms with Gasteiger partial charge in [-0.05, 0) is 48.5 Å². The molecule has 1 aromatic rings. The topological polar surface area (TPSA) is 32.5 Å². The minimum atomic E-state index is 1.01. The minimum Gasteiger partial charge on any atom is -0.404 e. The zero-order valence-electron chi connectivity index (χ0n) is 13.8. The summed E-state index contributed by atoms with van der Waals surface area (Å²) in [7, 11) is 2.19. The maximum Gasteiger partial charge on any atom is 0.0235 e. The van der Waals surface area contributed by atoms with E-state index in [2.05, 4.69) is 53.8 Å². The van der Waals surface area contributed by atoms with Crippen molar-refractivity contribution >= 4 is 5.57 Å². The summed E-state index contributed by atoms with van der Waals surface area (Å²) < 4.78 is 0. The highest BCUT2D eigenvalue weighted by atomic mass is 15.2. The number of likely N-dealkylation sites (N-methyl/N-ethyl adjacent to an activating group) is 1. The van der Waals surface area contributed by atoms with E-state index in [0.717, 1.165) is 43.9 Å². The van der Waals surface area contributed by atoms with Crippen LogP contribution in [0, 0.1) is 0 Å². The Balaban J connectivity index is 2.12. The van der Waals surface area contributed by atoms with Crippen molar-refractivity contribution in [3.8, 4) is 0 Å². The second-order valence-corrected chi connectivity index (χ2v) is 5.99. The first-order valence-corrected chi connectivity index (χ1v) is 7.85. The van der Waals surface area contributed by atoms with Gasteiger partial charge in [0.25, 0.3) is 0 Å². The fourth-order valence-corrected chi connectivity index (χ4v) is 2.67. The van der Waals surface area contributed by atoms with Gasteiger partial charge in [0.1, 0.15) is 0 Å². The molecule has 0 radical (unpaired) electrons. The zero-order valence-corrected chi connectivity index (χ0v) is 13.8. The Labute approximate surface area is 134 Å². The lowest BCUT2D eigenvalue weighted by molar-refractivity contribution is 0.148. The monoisotopic (exact) mass is 297 g/mol. The van der Waals surface area contributed by atoms with Gasteiger partial charge >= 0.3 is 0 Å². The van der Waals surface area contributed by atoms with Crippen LogP contribution in [0.5, 0.6) is 0 Å². The molecular formula is C19H27N3. The molecule has 3 nitrogen and oxygen atoms in total. The van der Waals surface area contributed by atoms with Crippen LogP contribution in [0.1, 0.15) is 18.1 Å². The third-order valence-corrected chi connectivity index (χ3v) is 4.13. The molecule has 0 amide bonds. The fourth-order valence-electron chi connectivity index (χ4n) is 2.67. The second-order valence-electron chi connectivity index (χ2n) is 5.99. The van der Waals surface area contributed by atoms with Crippen molar-refractivity contribution in [2.24, 2.45) is 5.73 Å². The fraction of sp³-hybridized carbons (Fsp3) is 0.368. The molecule has 1 aliphatic heterocycles. The Morgan fingerprint density at radius 1 is 1.27 bits per heavy atom. The lowest BCUT2D eigenvalue weighted by Crippen LogP contribution is -2.43. The Bertz CT molecular complexity index is 564. The van der Waals surface area contributed by atoms with Gasteiger partial charge in [-0.3, -0.25) is 4.90 Å². The predicted octanol–water partition coefficient (Wildman–Crippen LogP) is 2.87. The van der Waals surface area contributed by atoms with Crippen molar-refractivity contribution in [2.75, 3.05) is 33.2 Å². The first-order chi connectivity index (χ1) is 10.6. The van der Waals surface area contributed by atoms with Gasteiger partial charge in [-0.25, -0.2) is 0 Å². The summed E-state index contributed by atoms with van der Waals surface area (Å²) in [6.45, 7) is 11.5. The standard InChI is InChI=1S/C19H27N3/c1-4-18(12-16(2)14-20)19-7-5-6-17(13-19)15-22-10-8-21(3)9-11-22/h4-7,12-14H,1,8-11,15,20H2,2-3H3/b16-14-,18-12+. The van der Waals surface area contributed by atoms with Gasteiger partial charge < -0.3 is 10.6 Å². The van der Waals surface area contributed by atoms with Crippen LogP contribution in [0.3, 0.4) is 0 Å². The van der Waals surface area contributed by atoms with E-state index in [-0.39, 0.29) is 0 Å². The highest BCUT2D eigenvalue weighted by Crippen LogP contribution is 2.20. The van der Waals surface area contributed by atoms with E-state index in [0.29, 0.717) is 0 Å². The third kappa shape index (κ3) is 4.58. The Morgan fingerprint density at radius 2 is 2.00 bits per heavy atom. The molecule has 1 fully saturated rings. The van der Waals surface area contributed by atoms with Gasteiger partial charge in [-0.1, -0.05) is 36.9 Å². The smallest absolute Gasteiger partial charge is 0.0235 e. The predicted molar refractivity (Wildman–Crippen MR) is 95.3 cm³/mol. The maximum absolute atomic E-state index is 5.57. The largest absolute Gasteiger partial charge is 0.404 e. The van der Waals surface area contributed by atoms with Crippen LogP contribution in [0.2, 0.25) is 0 Å². The van der Waals surface area contributed by atoms with Crippen molar-refractivity contribution in [2.45, 2.75) is 13.5 Å². The number of allylic oxidation sites excluding steroid dienone is 4. The average Bonchev–Trinajstić information content (AvgIpc) is 2.54. The first-order valence-electron chi connectivity index (χ1n) is 7.85. The van der Waals surface area contributed by atoms with Crippen LogP contribution in [0.15, 0.2) is 54.8 Å². The molecule has 0 aliphatic carbocycles. The van der Waals surface area contributed by atoms with E-state index in [1.165, 1.54) is 11.1 Å². The van der Waals surface area contributed by atoms with Crippen LogP contribution in [-0.2, 0) is 6.54 Å². The maximum atomic E-state index is 5.57. The molecule has 0 spiro atoms. The van der Waals surface area contributed by atoms with Crippen molar-refractivity contribution in [3.05, 3.63) is 65.9 Å². The SMILES string of the molecule is C=C/C(=C\C(C)=C/N)c1cccc(CN2CCN(C)CC2)c1. The van der Waals surface area contributed by atoms with E-state index in [1.807, 2.05) is 13.0 Å². The molecule has 0 unspecified atom stereocenters. The van der Waals surface area contributed by atoms with Crippen LogP contribution in [0.25, 0.3) is 5.57 Å². The molecule has 0 atom stereocenters. The van der Waals surface area contributed by atoms with Crippen LogP contribution >= 0.6 is 0 Å². The summed E-state index contributed by atoms with van der Waals surface area (Å²) >= 11 is 0. The van der Waals surface area contributed by atoms with Gasteiger partial charge in [-0.2, -0.15) is 0 Å². The number of piperazine rings is 1. The number of hydrogen-bond acceptors (Lipinski definition) is 3. The van der Waals surface area contributed by atoms with Crippen LogP contribution in [-0.4, -0.2) is 43.0 Å². The van der Waals surface area contributed by atoms with Crippen molar-refractivity contribution < 1.29 is 0 Å². The summed E-state index contributed by atoms with van der Waals surface area (Å²) in [5.74, 6) is 0. The van der Waals surface area contributed by atoms with E-state index in [9.17, 15) is 0 Å². The van der Waals surface area contributed by atoms with Crippen molar-refractivity contribution in [1.29, 1.82) is 0 Å². The van der Waals surface area contributed by atoms with Crippen molar-refractivity contribution in [3.63, 3.8) is 0 Å². The van der Waals surface area contributed by atoms with Gasteiger partial charge in [0.15, 0.2) is 0 Å². The van der Waals surface area contributed by atoms with Gasteiger partial charge in [0.2, 0.25) is 0 Å². The minimum absolute atomic E-state index is 1.01. The summed E-state index contributed by atoms with van der Waals surface area (Å²) in [5.41, 5.74) is 10.3. The van der Waals surface area contributed by atoms with E-state index in [4.69, 9.17) is 5.73 Å². The lowest BCUT2D eigenvalue weighted by atomic mass is 10.0. The Kier molecular flexibility index (Phi) is 5.99. The zero-order chi connectivity index (χ0) is 15.9. The molecule has 118 valence electrons. The first kappa shape index (κ1) is 16.5. The summed E-state index contributed by atoms with van der Waals surface area (Å²) in [4.78, 5) is 4.90. The molecule has 1 saturated heterocycles. The molecule has 0 saturated carbocycles. The van der Waals surface area contributed by atoms with E-state index < -0.39 is 0 Å². The van der Waals surface area contributed by atoms with Crippen LogP contribution < -0.4 is 5.73 Å². The summed E-state index contributed by atoms with van der Waals surface area (Å²) in [6.07, 6.45) is 5.58. The highest BCUT2D eigenvalue weighted by Gasteiger charge is 2.13. The molecule has 3 heteroatoms. The van der Waals surface area contributed by atoms with Crippen LogP contribution in [0.4, 0.5) is 0 Å². The molecule has 1 aromatic carbocycles. The number of nitrogens with zero attached hydrogens (tertiary/aromatic N) is 2. The van der Waals surface area contributed by atoms with E-state index in [1.54, 1.807) is 6.20 Å². The second kappa shape index (κ2) is 7.97. The average molecular weight is 297 g/mol. The summed E-state index contributed by atoms with van der Waals surface area (Å²) in [6, 6.07) is 8.72. The van der Waals surface area contributed by atoms with Gasteiger partial charge in [0, 0.05) is 32.7 Å². The van der Waals surface area contributed by atoms with Crippen molar-refractivity contribution in [1.82, 2.24) is 9.80 Å². The van der Waals surface area contributed by atoms with E-state index >= 15 is 0 Å². The Hall–Kier alpha value is -1.84. The molecule has 0 aromatic heterocycles. The van der Waals surface area contributed by atoms with Gasteiger partial charge in [-0.15, -0.1) is 0 Å². The number of rotatable bonds is 5. The molecule has 1 heterocycles.